The second-order valence-electron chi connectivity index (χ2n) is 3.51. The highest BCUT2D eigenvalue weighted by Gasteiger charge is 2.60. The lowest BCUT2D eigenvalue weighted by Gasteiger charge is -1.98. The Balaban J connectivity index is 2.02. The zero-order valence-electron chi connectivity index (χ0n) is 6.39. The molecular weight excluding hydrogens is 268 g/mol. The summed E-state index contributed by atoms with van der Waals surface area (Å²) >= 11 is 7.48. The molecule has 11 heavy (non-hydrogen) atoms. The Bertz CT molecular complexity index is 166. The maximum atomic E-state index is 3.74. The lowest BCUT2D eigenvalue weighted by Crippen LogP contribution is -1.87. The van der Waals surface area contributed by atoms with Crippen LogP contribution in [-0.2, 0) is 0 Å². The molecule has 2 heteroatoms. The molecule has 0 N–H and O–H groups in total. The van der Waals surface area contributed by atoms with Gasteiger partial charge in [0.15, 0.2) is 0 Å². The minimum atomic E-state index is 0.312. The van der Waals surface area contributed by atoms with E-state index in [1.165, 1.54) is 25.7 Å². The van der Waals surface area contributed by atoms with E-state index in [2.05, 4.69) is 44.0 Å². The predicted molar refractivity (Wildman–Crippen MR) is 55.2 cm³/mol. The van der Waals surface area contributed by atoms with Gasteiger partial charge < -0.3 is 0 Å². The highest BCUT2D eigenvalue weighted by molar-refractivity contribution is 9.25. The fraction of sp³-hybridized carbons (Fsp3) is 0.778. The van der Waals surface area contributed by atoms with Crippen molar-refractivity contribution in [2.45, 2.75) is 28.9 Å². The molecule has 0 aromatic rings. The smallest absolute Gasteiger partial charge is 0.0868 e. The molecule has 2 atom stereocenters. The lowest BCUT2D eigenvalue weighted by molar-refractivity contribution is 0.605. The summed E-state index contributed by atoms with van der Waals surface area (Å²) in [6.07, 6.45) is 9.87. The Kier molecular flexibility index (Phi) is 2.17. The van der Waals surface area contributed by atoms with E-state index in [1.807, 2.05) is 0 Å². The molecule has 0 radical (unpaired) electrons. The summed E-state index contributed by atoms with van der Waals surface area (Å²) in [6, 6.07) is 0. The Morgan fingerprint density at radius 1 is 1.00 bits per heavy atom. The monoisotopic (exact) mass is 278 g/mol. The fourth-order valence-electron chi connectivity index (χ4n) is 2.04. The van der Waals surface area contributed by atoms with Crippen molar-refractivity contribution >= 4 is 31.9 Å². The third kappa shape index (κ3) is 1.44. The first-order valence-corrected chi connectivity index (χ1v) is 5.84. The van der Waals surface area contributed by atoms with Crippen LogP contribution in [0.5, 0.6) is 0 Å². The summed E-state index contributed by atoms with van der Waals surface area (Å²) in [5.74, 6) is 1.76. The van der Waals surface area contributed by atoms with Crippen LogP contribution in [0.1, 0.15) is 25.7 Å². The van der Waals surface area contributed by atoms with Gasteiger partial charge in [0, 0.05) is 0 Å². The number of hydrogen-bond acceptors (Lipinski definition) is 0. The summed E-state index contributed by atoms with van der Waals surface area (Å²) in [5.41, 5.74) is 0. The van der Waals surface area contributed by atoms with Crippen LogP contribution in [0.25, 0.3) is 0 Å². The highest BCUT2D eigenvalue weighted by Crippen LogP contribution is 2.65. The normalized spacial score (nSPS) is 40.5. The number of rotatable bonds is 0. The van der Waals surface area contributed by atoms with Crippen molar-refractivity contribution in [2.24, 2.45) is 11.8 Å². The minimum absolute atomic E-state index is 0.312. The summed E-state index contributed by atoms with van der Waals surface area (Å²) in [4.78, 5) is 0. The summed E-state index contributed by atoms with van der Waals surface area (Å²) < 4.78 is 0.312. The van der Waals surface area contributed by atoms with Gasteiger partial charge in [-0.05, 0) is 37.5 Å². The largest absolute Gasteiger partial charge is 0.0885 e. The topological polar surface area (TPSA) is 0 Å². The van der Waals surface area contributed by atoms with E-state index in [4.69, 9.17) is 0 Å². The summed E-state index contributed by atoms with van der Waals surface area (Å²) in [6.45, 7) is 0. The maximum absolute atomic E-state index is 3.74. The second-order valence-corrected chi connectivity index (χ2v) is 7.20. The van der Waals surface area contributed by atoms with Crippen LogP contribution < -0.4 is 0 Å². The van der Waals surface area contributed by atoms with Crippen LogP contribution >= 0.6 is 31.9 Å². The van der Waals surface area contributed by atoms with Gasteiger partial charge in [-0.1, -0.05) is 44.0 Å². The van der Waals surface area contributed by atoms with Gasteiger partial charge in [0.1, 0.15) is 0 Å². The number of hydrogen-bond donors (Lipinski definition) is 0. The molecule has 1 saturated carbocycles. The van der Waals surface area contributed by atoms with Crippen molar-refractivity contribution in [3.63, 3.8) is 0 Å². The Morgan fingerprint density at radius 3 is 1.91 bits per heavy atom. The summed E-state index contributed by atoms with van der Waals surface area (Å²) in [7, 11) is 0. The number of fused-ring (bicyclic) bond motifs is 1. The SMILES string of the molecule is BrC1(Br)[C@@H]2CCC=CCC[C@@H]21. The molecule has 0 heterocycles. The third-order valence-corrected chi connectivity index (χ3v) is 5.17. The van der Waals surface area contributed by atoms with Gasteiger partial charge in [-0.25, -0.2) is 0 Å². The predicted octanol–water partition coefficient (Wildman–Crippen LogP) is 3.85. The van der Waals surface area contributed by atoms with E-state index < -0.39 is 0 Å². The molecule has 0 nitrogen and oxygen atoms in total. The zero-order valence-corrected chi connectivity index (χ0v) is 9.57. The molecule has 2 aliphatic carbocycles. The molecule has 0 aromatic heterocycles. The van der Waals surface area contributed by atoms with Crippen LogP contribution in [0, 0.1) is 11.8 Å². The molecular formula is C9H12Br2. The first kappa shape index (κ1) is 8.31. The Hall–Kier alpha value is 0.700. The van der Waals surface area contributed by atoms with Gasteiger partial charge in [0.2, 0.25) is 0 Å². The van der Waals surface area contributed by atoms with Gasteiger partial charge >= 0.3 is 0 Å². The first-order chi connectivity index (χ1) is 5.23. The van der Waals surface area contributed by atoms with Crippen molar-refractivity contribution in [3.8, 4) is 0 Å². The molecule has 2 aliphatic rings. The molecule has 0 amide bonds. The fourth-order valence-corrected chi connectivity index (χ4v) is 3.96. The van der Waals surface area contributed by atoms with Crippen LogP contribution in [-0.4, -0.2) is 3.23 Å². The number of halogens is 2. The van der Waals surface area contributed by atoms with E-state index in [1.54, 1.807) is 0 Å². The number of alkyl halides is 2. The molecule has 0 aromatic carbocycles. The van der Waals surface area contributed by atoms with Gasteiger partial charge in [-0.15, -0.1) is 0 Å². The van der Waals surface area contributed by atoms with Crippen molar-refractivity contribution in [2.75, 3.05) is 0 Å². The molecule has 2 rings (SSSR count). The van der Waals surface area contributed by atoms with Crippen molar-refractivity contribution < 1.29 is 0 Å². The Morgan fingerprint density at radius 2 is 1.45 bits per heavy atom. The van der Waals surface area contributed by atoms with E-state index in [9.17, 15) is 0 Å². The highest BCUT2D eigenvalue weighted by atomic mass is 79.9. The van der Waals surface area contributed by atoms with Crippen LogP contribution in [0.2, 0.25) is 0 Å². The van der Waals surface area contributed by atoms with E-state index in [0.29, 0.717) is 3.23 Å². The van der Waals surface area contributed by atoms with Crippen molar-refractivity contribution in [1.29, 1.82) is 0 Å². The van der Waals surface area contributed by atoms with Crippen LogP contribution in [0.3, 0.4) is 0 Å². The second kappa shape index (κ2) is 2.88. The van der Waals surface area contributed by atoms with E-state index >= 15 is 0 Å². The molecule has 1 fully saturated rings. The van der Waals surface area contributed by atoms with Gasteiger partial charge in [-0.3, -0.25) is 0 Å². The molecule has 62 valence electrons. The van der Waals surface area contributed by atoms with Gasteiger partial charge in [-0.2, -0.15) is 0 Å². The lowest BCUT2D eigenvalue weighted by atomic mass is 10.1. The molecule has 0 bridgehead atoms. The molecule has 0 saturated heterocycles. The van der Waals surface area contributed by atoms with Crippen molar-refractivity contribution in [3.05, 3.63) is 12.2 Å². The van der Waals surface area contributed by atoms with E-state index in [0.717, 1.165) is 11.8 Å². The standard InChI is InChI=1S/C9H12Br2/c10-9(11)7-5-3-1-2-4-6-8(7)9/h1-2,7-8H,3-6H2/t7-,8+. The molecule has 0 unspecified atom stereocenters. The third-order valence-electron chi connectivity index (χ3n) is 2.82. The summed E-state index contributed by atoms with van der Waals surface area (Å²) in [5, 5.41) is 0. The zero-order chi connectivity index (χ0) is 7.90. The van der Waals surface area contributed by atoms with Crippen molar-refractivity contribution in [1.82, 2.24) is 0 Å². The average Bonchev–Trinajstić information content (AvgIpc) is 2.29. The molecule has 0 spiro atoms. The van der Waals surface area contributed by atoms with Crippen LogP contribution in [0.4, 0.5) is 0 Å². The van der Waals surface area contributed by atoms with E-state index in [-0.39, 0.29) is 0 Å². The minimum Gasteiger partial charge on any atom is -0.0885 e. The average molecular weight is 280 g/mol. The van der Waals surface area contributed by atoms with Gasteiger partial charge in [0.05, 0.1) is 3.23 Å². The maximum Gasteiger partial charge on any atom is 0.0868 e. The number of allylic oxidation sites excluding steroid dienone is 2. The quantitative estimate of drug-likeness (QED) is 0.467. The van der Waals surface area contributed by atoms with Gasteiger partial charge in [0.25, 0.3) is 0 Å². The Labute approximate surface area is 84.7 Å². The first-order valence-electron chi connectivity index (χ1n) is 4.25. The molecule has 0 aliphatic heterocycles. The van der Waals surface area contributed by atoms with Crippen LogP contribution in [0.15, 0.2) is 12.2 Å².